The summed E-state index contributed by atoms with van der Waals surface area (Å²) in [5.74, 6) is 0.297. The van der Waals surface area contributed by atoms with Crippen molar-refractivity contribution in [3.05, 3.63) is 65.5 Å². The van der Waals surface area contributed by atoms with Gasteiger partial charge in [0.1, 0.15) is 0 Å². The number of carbonyl (C=O) groups is 1. The summed E-state index contributed by atoms with van der Waals surface area (Å²) >= 11 is 3.50. The van der Waals surface area contributed by atoms with E-state index in [9.17, 15) is 4.79 Å². The molecule has 28 heavy (non-hydrogen) atoms. The lowest BCUT2D eigenvalue weighted by atomic mass is 10.1. The molecular formula is C21H23N3O2S2. The highest BCUT2D eigenvalue weighted by atomic mass is 32.2. The Bertz CT molecular complexity index is 906. The van der Waals surface area contributed by atoms with Gasteiger partial charge in [-0.25, -0.2) is 0 Å². The third-order valence-electron chi connectivity index (χ3n) is 3.89. The van der Waals surface area contributed by atoms with Gasteiger partial charge in [-0.1, -0.05) is 43.2 Å². The van der Waals surface area contributed by atoms with Crippen molar-refractivity contribution in [2.75, 3.05) is 11.6 Å². The Morgan fingerprint density at radius 3 is 2.29 bits per heavy atom. The molecule has 0 saturated carbocycles. The van der Waals surface area contributed by atoms with Crippen LogP contribution in [0.3, 0.4) is 0 Å². The molecule has 0 saturated heterocycles. The van der Waals surface area contributed by atoms with Crippen molar-refractivity contribution >= 4 is 35.4 Å². The first-order valence-electron chi connectivity index (χ1n) is 9.02. The summed E-state index contributed by atoms with van der Waals surface area (Å²) < 4.78 is 5.56. The van der Waals surface area contributed by atoms with Gasteiger partial charge in [0, 0.05) is 15.0 Å². The molecule has 0 aliphatic heterocycles. The van der Waals surface area contributed by atoms with E-state index < -0.39 is 0 Å². The first-order valence-corrected chi connectivity index (χ1v) is 11.1. The van der Waals surface area contributed by atoms with Crippen molar-refractivity contribution in [3.8, 4) is 0 Å². The van der Waals surface area contributed by atoms with Gasteiger partial charge in [-0.3, -0.25) is 10.1 Å². The fourth-order valence-corrected chi connectivity index (χ4v) is 3.85. The lowest BCUT2D eigenvalue weighted by molar-refractivity contribution is -0.115. The number of nitrogens with one attached hydrogen (secondary N) is 1. The van der Waals surface area contributed by atoms with E-state index in [1.54, 1.807) is 11.8 Å². The number of amides is 1. The van der Waals surface area contributed by atoms with Crippen LogP contribution in [0.4, 0.5) is 6.01 Å². The van der Waals surface area contributed by atoms with Crippen molar-refractivity contribution in [3.63, 3.8) is 0 Å². The molecule has 0 radical (unpaired) electrons. The molecule has 146 valence electrons. The topological polar surface area (TPSA) is 68.0 Å². The number of thioether (sulfide) groups is 2. The molecule has 3 rings (SSSR count). The quantitative estimate of drug-likeness (QED) is 0.520. The third-order valence-corrected chi connectivity index (χ3v) is 5.65. The zero-order valence-electron chi connectivity index (χ0n) is 16.1. The lowest BCUT2D eigenvalue weighted by Gasteiger charge is -2.05. The van der Waals surface area contributed by atoms with Crippen LogP contribution in [0.5, 0.6) is 0 Å². The molecule has 3 aromatic rings. The number of carbonyl (C=O) groups excluding carboxylic acids is 1. The van der Waals surface area contributed by atoms with Crippen molar-refractivity contribution in [2.24, 2.45) is 0 Å². The van der Waals surface area contributed by atoms with Crippen LogP contribution in [0.2, 0.25) is 0 Å². The molecular weight excluding hydrogens is 390 g/mol. The van der Waals surface area contributed by atoms with Crippen LogP contribution in [-0.2, 0) is 17.6 Å². The minimum absolute atomic E-state index is 0.132. The van der Waals surface area contributed by atoms with Gasteiger partial charge in [-0.15, -0.1) is 28.6 Å². The van der Waals surface area contributed by atoms with E-state index in [-0.39, 0.29) is 18.3 Å². The minimum atomic E-state index is -0.179. The number of rotatable bonds is 8. The number of aromatic nitrogens is 2. The molecule has 1 aromatic heterocycles. The Morgan fingerprint density at radius 1 is 1.00 bits per heavy atom. The average Bonchev–Trinajstić information content (AvgIpc) is 3.10. The highest BCUT2D eigenvalue weighted by Gasteiger charge is 2.11. The third kappa shape index (κ3) is 6.14. The Labute approximate surface area is 173 Å². The van der Waals surface area contributed by atoms with Gasteiger partial charge in [-0.05, 0) is 41.6 Å². The fourth-order valence-electron chi connectivity index (χ4n) is 2.60. The molecule has 0 unspecified atom stereocenters. The molecule has 0 atom stereocenters. The van der Waals surface area contributed by atoms with Crippen molar-refractivity contribution < 1.29 is 9.21 Å². The predicted octanol–water partition coefficient (Wildman–Crippen LogP) is 5.06. The maximum atomic E-state index is 12.2. The lowest BCUT2D eigenvalue weighted by Crippen LogP contribution is -2.14. The maximum Gasteiger partial charge on any atom is 0.322 e. The highest BCUT2D eigenvalue weighted by molar-refractivity contribution is 8.00. The van der Waals surface area contributed by atoms with Crippen LogP contribution in [0, 0.1) is 0 Å². The Hall–Kier alpha value is -2.25. The van der Waals surface area contributed by atoms with E-state index in [1.165, 1.54) is 9.79 Å². The minimum Gasteiger partial charge on any atom is -0.407 e. The molecule has 1 heterocycles. The molecule has 0 aliphatic carbocycles. The smallest absolute Gasteiger partial charge is 0.322 e. The standard InChI is InChI=1S/C21H23N3O2S2/c1-14(2)28-18-10-6-16(7-11-18)13-20-23-24-21(26-20)22-19(25)12-15-4-8-17(27-3)9-5-15/h4-11,14H,12-13H2,1-3H3,(H,22,24,25). The van der Waals surface area contributed by atoms with E-state index >= 15 is 0 Å². The van der Waals surface area contributed by atoms with E-state index in [0.29, 0.717) is 17.6 Å². The summed E-state index contributed by atoms with van der Waals surface area (Å²) in [6.07, 6.45) is 2.82. The Morgan fingerprint density at radius 2 is 1.64 bits per heavy atom. The maximum absolute atomic E-state index is 12.2. The van der Waals surface area contributed by atoms with Crippen LogP contribution in [0.1, 0.15) is 30.9 Å². The van der Waals surface area contributed by atoms with Gasteiger partial charge in [0.2, 0.25) is 11.8 Å². The largest absolute Gasteiger partial charge is 0.407 e. The molecule has 2 aromatic carbocycles. The van der Waals surface area contributed by atoms with E-state index in [2.05, 4.69) is 53.6 Å². The van der Waals surface area contributed by atoms with Gasteiger partial charge >= 0.3 is 6.01 Å². The first-order chi connectivity index (χ1) is 13.5. The summed E-state index contributed by atoms with van der Waals surface area (Å²) in [7, 11) is 0. The molecule has 0 aliphatic rings. The van der Waals surface area contributed by atoms with Crippen LogP contribution >= 0.6 is 23.5 Å². The number of nitrogens with zero attached hydrogens (tertiary/aromatic N) is 2. The molecule has 5 nitrogen and oxygen atoms in total. The van der Waals surface area contributed by atoms with Gasteiger partial charge in [0.15, 0.2) is 0 Å². The van der Waals surface area contributed by atoms with Crippen LogP contribution < -0.4 is 5.32 Å². The van der Waals surface area contributed by atoms with Gasteiger partial charge in [0.05, 0.1) is 12.8 Å². The van der Waals surface area contributed by atoms with Crippen molar-refractivity contribution in [1.82, 2.24) is 10.2 Å². The molecule has 7 heteroatoms. The number of anilines is 1. The molecule has 0 fully saturated rings. The zero-order chi connectivity index (χ0) is 19.9. The zero-order valence-corrected chi connectivity index (χ0v) is 17.8. The summed E-state index contributed by atoms with van der Waals surface area (Å²) in [4.78, 5) is 14.6. The number of hydrogen-bond acceptors (Lipinski definition) is 6. The second-order valence-electron chi connectivity index (χ2n) is 6.56. The normalized spacial score (nSPS) is 11.0. The summed E-state index contributed by atoms with van der Waals surface area (Å²) in [5.41, 5.74) is 2.03. The molecule has 1 amide bonds. The van der Waals surface area contributed by atoms with E-state index in [1.807, 2.05) is 42.3 Å². The number of hydrogen-bond donors (Lipinski definition) is 1. The van der Waals surface area contributed by atoms with Crippen molar-refractivity contribution in [2.45, 2.75) is 41.7 Å². The Kier molecular flexibility index (Phi) is 7.17. The second-order valence-corrected chi connectivity index (χ2v) is 9.09. The van der Waals surface area contributed by atoms with E-state index in [4.69, 9.17) is 4.42 Å². The molecule has 0 spiro atoms. The Balaban J connectivity index is 1.53. The second kappa shape index (κ2) is 9.80. The van der Waals surface area contributed by atoms with Crippen LogP contribution in [0.25, 0.3) is 0 Å². The SMILES string of the molecule is CSc1ccc(CC(=O)Nc2nnc(Cc3ccc(SC(C)C)cc3)o2)cc1. The fraction of sp³-hybridized carbons (Fsp3) is 0.286. The van der Waals surface area contributed by atoms with Crippen molar-refractivity contribution in [1.29, 1.82) is 0 Å². The summed E-state index contributed by atoms with van der Waals surface area (Å²) in [6, 6.07) is 16.4. The van der Waals surface area contributed by atoms with Gasteiger partial charge in [-0.2, -0.15) is 0 Å². The van der Waals surface area contributed by atoms with E-state index in [0.717, 1.165) is 11.1 Å². The number of benzene rings is 2. The highest BCUT2D eigenvalue weighted by Crippen LogP contribution is 2.23. The summed E-state index contributed by atoms with van der Waals surface area (Å²) in [5, 5.41) is 11.2. The predicted molar refractivity (Wildman–Crippen MR) is 115 cm³/mol. The average molecular weight is 414 g/mol. The molecule has 0 bridgehead atoms. The first kappa shape index (κ1) is 20.5. The van der Waals surface area contributed by atoms with Crippen LogP contribution in [-0.4, -0.2) is 27.6 Å². The van der Waals surface area contributed by atoms with Gasteiger partial charge < -0.3 is 4.42 Å². The summed E-state index contributed by atoms with van der Waals surface area (Å²) in [6.45, 7) is 4.35. The monoisotopic (exact) mass is 413 g/mol. The molecule has 1 N–H and O–H groups in total. The van der Waals surface area contributed by atoms with Crippen LogP contribution in [0.15, 0.2) is 62.7 Å². The van der Waals surface area contributed by atoms with Gasteiger partial charge in [0.25, 0.3) is 0 Å².